The fourth-order valence-corrected chi connectivity index (χ4v) is 4.34. The van der Waals surface area contributed by atoms with Crippen molar-refractivity contribution in [3.63, 3.8) is 0 Å². The van der Waals surface area contributed by atoms with E-state index in [1.807, 2.05) is 51.1 Å². The topological polar surface area (TPSA) is 108 Å². The quantitative estimate of drug-likeness (QED) is 0.284. The van der Waals surface area contributed by atoms with Crippen molar-refractivity contribution < 1.29 is 24.2 Å². The number of phenolic OH excluding ortho intramolecular Hbond substituents is 1. The smallest absolute Gasteiger partial charge is 0.408 e. The van der Waals surface area contributed by atoms with Crippen LogP contribution in [0.25, 0.3) is 0 Å². The minimum Gasteiger partial charge on any atom is -0.508 e. The van der Waals surface area contributed by atoms with Gasteiger partial charge < -0.3 is 25.4 Å². The molecule has 0 aliphatic heterocycles. The summed E-state index contributed by atoms with van der Waals surface area (Å²) < 4.78 is 5.49. The van der Waals surface area contributed by atoms with Gasteiger partial charge >= 0.3 is 6.09 Å². The number of benzene rings is 2. The number of ether oxygens (including phenoxy) is 1. The number of hydrogen-bond acceptors (Lipinski definition) is 5. The van der Waals surface area contributed by atoms with Crippen LogP contribution in [0.15, 0.2) is 54.6 Å². The van der Waals surface area contributed by atoms with Gasteiger partial charge in [0.2, 0.25) is 11.8 Å². The van der Waals surface area contributed by atoms with Crippen LogP contribution in [0.5, 0.6) is 5.75 Å². The Balaban J connectivity index is 2.55. The first-order valence-electron chi connectivity index (χ1n) is 14.1. The summed E-state index contributed by atoms with van der Waals surface area (Å²) in [6.07, 6.45) is 3.15. The van der Waals surface area contributed by atoms with E-state index in [1.54, 1.807) is 37.8 Å². The van der Waals surface area contributed by atoms with Crippen LogP contribution in [0.1, 0.15) is 91.3 Å². The van der Waals surface area contributed by atoms with Gasteiger partial charge in [0.1, 0.15) is 23.4 Å². The number of phenols is 1. The molecule has 0 spiro atoms. The predicted octanol–water partition coefficient (Wildman–Crippen LogP) is 5.89. The van der Waals surface area contributed by atoms with Crippen LogP contribution in [0, 0.1) is 0 Å². The molecule has 220 valence electrons. The molecule has 0 heterocycles. The molecule has 2 rings (SSSR count). The van der Waals surface area contributed by atoms with Gasteiger partial charge in [-0.05, 0) is 71.2 Å². The van der Waals surface area contributed by atoms with Gasteiger partial charge in [0.05, 0.1) is 0 Å². The Kier molecular flexibility index (Phi) is 12.0. The summed E-state index contributed by atoms with van der Waals surface area (Å²) in [4.78, 5) is 42.6. The zero-order chi connectivity index (χ0) is 29.9. The minimum atomic E-state index is -0.967. The first-order chi connectivity index (χ1) is 18.7. The van der Waals surface area contributed by atoms with Gasteiger partial charge in [-0.1, -0.05) is 68.7 Å². The molecule has 2 unspecified atom stereocenters. The second-order valence-electron chi connectivity index (χ2n) is 12.2. The fourth-order valence-electron chi connectivity index (χ4n) is 4.34. The van der Waals surface area contributed by atoms with Crippen LogP contribution in [-0.4, -0.2) is 51.6 Å². The molecule has 0 aliphatic rings. The van der Waals surface area contributed by atoms with E-state index in [0.29, 0.717) is 18.5 Å². The van der Waals surface area contributed by atoms with Crippen molar-refractivity contribution in [3.8, 4) is 5.75 Å². The minimum absolute atomic E-state index is 0.0631. The van der Waals surface area contributed by atoms with Crippen molar-refractivity contribution in [1.82, 2.24) is 15.5 Å². The second-order valence-corrected chi connectivity index (χ2v) is 12.2. The number of rotatable bonds is 12. The molecule has 0 saturated carbocycles. The maximum atomic E-state index is 14.4. The van der Waals surface area contributed by atoms with Crippen molar-refractivity contribution in [2.24, 2.45) is 0 Å². The number of nitrogens with zero attached hydrogens (tertiary/aromatic N) is 1. The zero-order valence-corrected chi connectivity index (χ0v) is 25.1. The lowest BCUT2D eigenvalue weighted by molar-refractivity contribution is -0.143. The van der Waals surface area contributed by atoms with Gasteiger partial charge in [-0.25, -0.2) is 4.79 Å². The van der Waals surface area contributed by atoms with E-state index in [0.717, 1.165) is 24.8 Å². The molecule has 0 fully saturated rings. The average Bonchev–Trinajstić information content (AvgIpc) is 2.84. The molecule has 0 aliphatic carbocycles. The molecule has 40 heavy (non-hydrogen) atoms. The molecular weight excluding hydrogens is 506 g/mol. The number of carbonyl (C=O) groups excluding carboxylic acids is 3. The van der Waals surface area contributed by atoms with Gasteiger partial charge in [-0.3, -0.25) is 9.59 Å². The Labute approximate surface area is 239 Å². The highest BCUT2D eigenvalue weighted by atomic mass is 16.6. The number of amides is 3. The predicted molar refractivity (Wildman–Crippen MR) is 158 cm³/mol. The third-order valence-corrected chi connectivity index (χ3v) is 6.07. The number of alkyl carbamates (subject to hydrolysis) is 1. The van der Waals surface area contributed by atoms with E-state index in [1.165, 1.54) is 12.1 Å². The highest BCUT2D eigenvalue weighted by Gasteiger charge is 2.37. The third kappa shape index (κ3) is 11.3. The van der Waals surface area contributed by atoms with E-state index in [4.69, 9.17) is 4.74 Å². The summed E-state index contributed by atoms with van der Waals surface area (Å²) in [5.41, 5.74) is 0.148. The lowest BCUT2D eigenvalue weighted by Gasteiger charge is -2.36. The summed E-state index contributed by atoms with van der Waals surface area (Å²) in [7, 11) is 0. The third-order valence-electron chi connectivity index (χ3n) is 6.07. The first kappa shape index (κ1) is 32.7. The van der Waals surface area contributed by atoms with Crippen LogP contribution in [-0.2, 0) is 20.7 Å². The van der Waals surface area contributed by atoms with E-state index in [2.05, 4.69) is 17.6 Å². The van der Waals surface area contributed by atoms with Crippen LogP contribution < -0.4 is 10.6 Å². The Morgan fingerprint density at radius 2 is 1.52 bits per heavy atom. The lowest BCUT2D eigenvalue weighted by Crippen LogP contribution is -2.55. The molecule has 3 N–H and O–H groups in total. The summed E-state index contributed by atoms with van der Waals surface area (Å²) >= 11 is 0. The van der Waals surface area contributed by atoms with Crippen LogP contribution in [0.4, 0.5) is 4.79 Å². The van der Waals surface area contributed by atoms with Crippen LogP contribution >= 0.6 is 0 Å². The van der Waals surface area contributed by atoms with Crippen molar-refractivity contribution in [2.45, 2.75) is 104 Å². The molecular formula is C32H47N3O5. The van der Waals surface area contributed by atoms with Gasteiger partial charge in [0.15, 0.2) is 0 Å². The Hall–Kier alpha value is -3.55. The van der Waals surface area contributed by atoms with Crippen molar-refractivity contribution >= 4 is 17.9 Å². The van der Waals surface area contributed by atoms with Gasteiger partial charge in [0, 0.05) is 18.5 Å². The SMILES string of the molecule is CCCCCCN(C(=O)C(Cc1ccccc1)NC(=O)OC(C)(C)C)C(C(=O)NC(C)(C)C)c1ccc(O)cc1. The maximum Gasteiger partial charge on any atom is 0.408 e. The van der Waals surface area contributed by atoms with E-state index < -0.39 is 29.3 Å². The normalized spacial score (nSPS) is 13.2. The van der Waals surface area contributed by atoms with Crippen molar-refractivity contribution in [3.05, 3.63) is 65.7 Å². The van der Waals surface area contributed by atoms with Gasteiger partial charge in [-0.15, -0.1) is 0 Å². The molecule has 2 atom stereocenters. The van der Waals surface area contributed by atoms with E-state index >= 15 is 0 Å². The average molecular weight is 554 g/mol. The zero-order valence-electron chi connectivity index (χ0n) is 25.1. The molecule has 3 amide bonds. The van der Waals surface area contributed by atoms with E-state index in [9.17, 15) is 19.5 Å². The molecule has 8 nitrogen and oxygen atoms in total. The standard InChI is InChI=1S/C32H47N3O5/c1-8-9-10-14-21-35(27(28(37)34-31(2,3)4)24-17-19-25(36)20-18-24)29(38)26(22-23-15-12-11-13-16-23)33-30(39)40-32(5,6)7/h11-13,15-20,26-27,36H,8-10,14,21-22H2,1-7H3,(H,33,39)(H,34,37). The molecule has 2 aromatic rings. The monoisotopic (exact) mass is 553 g/mol. The molecule has 0 aromatic heterocycles. The number of hydrogen-bond donors (Lipinski definition) is 3. The fraction of sp³-hybridized carbons (Fsp3) is 0.531. The lowest BCUT2D eigenvalue weighted by atomic mass is 9.98. The van der Waals surface area contributed by atoms with Gasteiger partial charge in [-0.2, -0.15) is 0 Å². The number of aromatic hydroxyl groups is 1. The van der Waals surface area contributed by atoms with E-state index in [-0.39, 0.29) is 24.0 Å². The highest BCUT2D eigenvalue weighted by Crippen LogP contribution is 2.26. The summed E-state index contributed by atoms with van der Waals surface area (Å²) in [6.45, 7) is 13.4. The highest BCUT2D eigenvalue weighted by molar-refractivity contribution is 5.92. The Morgan fingerprint density at radius 3 is 2.08 bits per heavy atom. The van der Waals surface area contributed by atoms with Crippen LogP contribution in [0.2, 0.25) is 0 Å². The largest absolute Gasteiger partial charge is 0.508 e. The number of nitrogens with one attached hydrogen (secondary N) is 2. The number of carbonyl (C=O) groups is 3. The summed E-state index contributed by atoms with van der Waals surface area (Å²) in [6, 6.07) is 13.8. The molecule has 0 bridgehead atoms. The van der Waals surface area contributed by atoms with Crippen molar-refractivity contribution in [1.29, 1.82) is 0 Å². The summed E-state index contributed by atoms with van der Waals surface area (Å²) in [5, 5.41) is 15.7. The van der Waals surface area contributed by atoms with Crippen molar-refractivity contribution in [2.75, 3.05) is 6.54 Å². The van der Waals surface area contributed by atoms with Gasteiger partial charge in [0.25, 0.3) is 0 Å². The Morgan fingerprint density at radius 1 is 0.900 bits per heavy atom. The van der Waals surface area contributed by atoms with Crippen LogP contribution in [0.3, 0.4) is 0 Å². The molecule has 8 heteroatoms. The maximum absolute atomic E-state index is 14.4. The molecule has 0 radical (unpaired) electrons. The summed E-state index contributed by atoms with van der Waals surface area (Å²) in [5.74, 6) is -0.654. The first-order valence-corrected chi connectivity index (χ1v) is 14.1. The molecule has 2 aromatic carbocycles. The molecule has 0 saturated heterocycles. The second kappa shape index (κ2) is 14.7. The Bertz CT molecular complexity index is 1090. The number of unbranched alkanes of at least 4 members (excludes halogenated alkanes) is 3.